The standard InChI is InChI=1S/C12H25N3O2/c1-6-13-12(15-10(4)9(2)3)14-8-7-11(16)17-5/h9-10H,6-8H2,1-5H3,(H2,13,14,15). The highest BCUT2D eigenvalue weighted by atomic mass is 16.5. The molecule has 1 atom stereocenters. The van der Waals surface area contributed by atoms with E-state index in [-0.39, 0.29) is 5.97 Å². The summed E-state index contributed by atoms with van der Waals surface area (Å²) in [5, 5.41) is 6.44. The molecule has 2 N–H and O–H groups in total. The number of carbonyl (C=O) groups is 1. The molecular weight excluding hydrogens is 218 g/mol. The Morgan fingerprint density at radius 2 is 2.00 bits per heavy atom. The van der Waals surface area contributed by atoms with Crippen LogP contribution < -0.4 is 10.6 Å². The minimum absolute atomic E-state index is 0.235. The van der Waals surface area contributed by atoms with Gasteiger partial charge in [0.25, 0.3) is 0 Å². The van der Waals surface area contributed by atoms with Crippen LogP contribution in [0.15, 0.2) is 4.99 Å². The highest BCUT2D eigenvalue weighted by Gasteiger charge is 2.08. The Hall–Kier alpha value is -1.26. The van der Waals surface area contributed by atoms with Crippen molar-refractivity contribution in [2.75, 3.05) is 20.2 Å². The minimum Gasteiger partial charge on any atom is -0.469 e. The lowest BCUT2D eigenvalue weighted by atomic mass is 10.1. The number of hydrogen-bond donors (Lipinski definition) is 2. The van der Waals surface area contributed by atoms with Crippen LogP contribution in [-0.2, 0) is 9.53 Å². The summed E-state index contributed by atoms with van der Waals surface area (Å²) < 4.78 is 4.56. The molecule has 0 aliphatic heterocycles. The van der Waals surface area contributed by atoms with E-state index in [0.29, 0.717) is 24.9 Å². The van der Waals surface area contributed by atoms with Gasteiger partial charge in [-0.3, -0.25) is 9.79 Å². The summed E-state index contributed by atoms with van der Waals surface area (Å²) in [6.45, 7) is 9.66. The Morgan fingerprint density at radius 3 is 2.47 bits per heavy atom. The average Bonchev–Trinajstić information content (AvgIpc) is 2.28. The largest absolute Gasteiger partial charge is 0.469 e. The number of esters is 1. The molecule has 0 spiro atoms. The number of aliphatic imine (C=N–C) groups is 1. The minimum atomic E-state index is -0.235. The topological polar surface area (TPSA) is 62.7 Å². The lowest BCUT2D eigenvalue weighted by molar-refractivity contribution is -0.140. The summed E-state index contributed by atoms with van der Waals surface area (Å²) in [5.74, 6) is 1.04. The van der Waals surface area contributed by atoms with E-state index < -0.39 is 0 Å². The average molecular weight is 243 g/mol. The lowest BCUT2D eigenvalue weighted by Crippen LogP contribution is -2.44. The number of carbonyl (C=O) groups excluding carboxylic acids is 1. The van der Waals surface area contributed by atoms with Gasteiger partial charge >= 0.3 is 5.97 Å². The van der Waals surface area contributed by atoms with Crippen LogP contribution in [0.25, 0.3) is 0 Å². The third-order valence-electron chi connectivity index (χ3n) is 2.52. The van der Waals surface area contributed by atoms with Crippen molar-refractivity contribution >= 4 is 11.9 Å². The molecule has 0 fully saturated rings. The van der Waals surface area contributed by atoms with Crippen LogP contribution in [0.4, 0.5) is 0 Å². The van der Waals surface area contributed by atoms with E-state index in [9.17, 15) is 4.79 Å². The first-order valence-electron chi connectivity index (χ1n) is 6.12. The van der Waals surface area contributed by atoms with Gasteiger partial charge in [0.05, 0.1) is 20.1 Å². The van der Waals surface area contributed by atoms with Crippen LogP contribution in [0.5, 0.6) is 0 Å². The van der Waals surface area contributed by atoms with Crippen LogP contribution >= 0.6 is 0 Å². The zero-order valence-corrected chi connectivity index (χ0v) is 11.5. The van der Waals surface area contributed by atoms with Crippen molar-refractivity contribution < 1.29 is 9.53 Å². The van der Waals surface area contributed by atoms with Gasteiger partial charge in [0.15, 0.2) is 5.96 Å². The molecular formula is C12H25N3O2. The van der Waals surface area contributed by atoms with Gasteiger partial charge < -0.3 is 15.4 Å². The zero-order valence-electron chi connectivity index (χ0n) is 11.5. The Labute approximate surface area is 104 Å². The Kier molecular flexibility index (Phi) is 8.19. The van der Waals surface area contributed by atoms with Crippen molar-refractivity contribution in [2.24, 2.45) is 10.9 Å². The molecule has 17 heavy (non-hydrogen) atoms. The fourth-order valence-electron chi connectivity index (χ4n) is 1.06. The zero-order chi connectivity index (χ0) is 13.3. The van der Waals surface area contributed by atoms with E-state index in [4.69, 9.17) is 0 Å². The maximum Gasteiger partial charge on any atom is 0.307 e. The number of guanidine groups is 1. The summed E-state index contributed by atoms with van der Waals surface area (Å²) in [5.41, 5.74) is 0. The van der Waals surface area contributed by atoms with Gasteiger partial charge in [-0.1, -0.05) is 13.8 Å². The van der Waals surface area contributed by atoms with Crippen molar-refractivity contribution in [3.63, 3.8) is 0 Å². The molecule has 0 saturated carbocycles. The molecule has 1 unspecified atom stereocenters. The molecule has 0 saturated heterocycles. The number of ether oxygens (including phenoxy) is 1. The summed E-state index contributed by atoms with van der Waals surface area (Å²) in [7, 11) is 1.39. The van der Waals surface area contributed by atoms with Gasteiger partial charge in [0.2, 0.25) is 0 Å². The van der Waals surface area contributed by atoms with Crippen LogP contribution in [0, 0.1) is 5.92 Å². The monoisotopic (exact) mass is 243 g/mol. The maximum atomic E-state index is 10.9. The number of nitrogens with one attached hydrogen (secondary N) is 2. The summed E-state index contributed by atoms with van der Waals surface area (Å²) in [6.07, 6.45) is 0.309. The Morgan fingerprint density at radius 1 is 1.35 bits per heavy atom. The third kappa shape index (κ3) is 7.60. The van der Waals surface area contributed by atoms with Crippen molar-refractivity contribution in [3.05, 3.63) is 0 Å². The van der Waals surface area contributed by atoms with Crippen LogP contribution in [-0.4, -0.2) is 38.2 Å². The van der Waals surface area contributed by atoms with Crippen LogP contribution in [0.3, 0.4) is 0 Å². The van der Waals surface area contributed by atoms with Crippen molar-refractivity contribution in [1.29, 1.82) is 0 Å². The molecule has 5 heteroatoms. The van der Waals surface area contributed by atoms with Gasteiger partial charge in [0.1, 0.15) is 0 Å². The van der Waals surface area contributed by atoms with Gasteiger partial charge in [-0.2, -0.15) is 0 Å². The molecule has 0 rings (SSSR count). The first-order valence-corrected chi connectivity index (χ1v) is 6.12. The van der Waals surface area contributed by atoms with E-state index in [0.717, 1.165) is 12.5 Å². The van der Waals surface area contributed by atoms with Crippen molar-refractivity contribution in [1.82, 2.24) is 10.6 Å². The number of rotatable bonds is 6. The predicted octanol–water partition coefficient (Wildman–Crippen LogP) is 1.15. The Bertz CT molecular complexity index is 252. The number of hydrogen-bond acceptors (Lipinski definition) is 3. The summed E-state index contributed by atoms with van der Waals surface area (Å²) in [6, 6.07) is 0.339. The smallest absolute Gasteiger partial charge is 0.307 e. The fraction of sp³-hybridized carbons (Fsp3) is 0.833. The molecule has 0 radical (unpaired) electrons. The first-order chi connectivity index (χ1) is 8.01. The summed E-state index contributed by atoms with van der Waals surface area (Å²) in [4.78, 5) is 15.3. The summed E-state index contributed by atoms with van der Waals surface area (Å²) >= 11 is 0. The van der Waals surface area contributed by atoms with Crippen molar-refractivity contribution in [3.8, 4) is 0 Å². The molecule has 0 aromatic carbocycles. The SMILES string of the molecule is CCNC(=NCCC(=O)OC)NC(C)C(C)C. The molecule has 0 amide bonds. The molecule has 0 aromatic rings. The quantitative estimate of drug-likeness (QED) is 0.417. The van der Waals surface area contributed by atoms with Crippen LogP contribution in [0.2, 0.25) is 0 Å². The second kappa shape index (κ2) is 8.84. The van der Waals surface area contributed by atoms with E-state index in [1.807, 2.05) is 6.92 Å². The van der Waals surface area contributed by atoms with E-state index >= 15 is 0 Å². The molecule has 100 valence electrons. The molecule has 0 heterocycles. The van der Waals surface area contributed by atoms with Gasteiger partial charge in [0, 0.05) is 12.6 Å². The fourth-order valence-corrected chi connectivity index (χ4v) is 1.06. The van der Waals surface area contributed by atoms with Gasteiger partial charge in [-0.05, 0) is 19.8 Å². The second-order valence-electron chi connectivity index (χ2n) is 4.26. The van der Waals surface area contributed by atoms with Crippen LogP contribution in [0.1, 0.15) is 34.1 Å². The van der Waals surface area contributed by atoms with Gasteiger partial charge in [-0.15, -0.1) is 0 Å². The Balaban J connectivity index is 4.20. The highest BCUT2D eigenvalue weighted by molar-refractivity contribution is 5.80. The molecule has 0 aliphatic carbocycles. The molecule has 0 aliphatic rings. The number of methoxy groups -OCH3 is 1. The highest BCUT2D eigenvalue weighted by Crippen LogP contribution is 1.99. The van der Waals surface area contributed by atoms with E-state index in [1.165, 1.54) is 7.11 Å². The molecule has 0 aromatic heterocycles. The third-order valence-corrected chi connectivity index (χ3v) is 2.52. The van der Waals surface area contributed by atoms with E-state index in [2.05, 4.69) is 41.1 Å². The first kappa shape index (κ1) is 15.7. The van der Waals surface area contributed by atoms with Crippen molar-refractivity contribution in [2.45, 2.75) is 40.2 Å². The second-order valence-corrected chi connectivity index (χ2v) is 4.26. The molecule has 0 bridgehead atoms. The number of nitrogens with zero attached hydrogens (tertiary/aromatic N) is 1. The van der Waals surface area contributed by atoms with E-state index in [1.54, 1.807) is 0 Å². The predicted molar refractivity (Wildman–Crippen MR) is 70.0 cm³/mol. The van der Waals surface area contributed by atoms with Gasteiger partial charge in [-0.25, -0.2) is 0 Å². The maximum absolute atomic E-state index is 10.9. The lowest BCUT2D eigenvalue weighted by Gasteiger charge is -2.20. The normalized spacial score (nSPS) is 13.4. The molecule has 5 nitrogen and oxygen atoms in total.